The van der Waals surface area contributed by atoms with E-state index in [1.165, 1.54) is 7.11 Å². The van der Waals surface area contributed by atoms with Crippen LogP contribution in [0.1, 0.15) is 11.4 Å². The second-order valence-electron chi connectivity index (χ2n) is 3.49. The van der Waals surface area contributed by atoms with Crippen LogP contribution in [0.2, 0.25) is 0 Å². The molecule has 2 heterocycles. The molecular formula is C11H9F3IrN3O-. The summed E-state index contributed by atoms with van der Waals surface area (Å²) in [5, 5.41) is 3.39. The molecule has 0 N–H and O–H groups in total. The van der Waals surface area contributed by atoms with E-state index in [1.54, 1.807) is 18.2 Å². The van der Waals surface area contributed by atoms with E-state index >= 15 is 0 Å². The summed E-state index contributed by atoms with van der Waals surface area (Å²) in [4.78, 5) is 4.10. The Hall–Kier alpha value is -1.24. The summed E-state index contributed by atoms with van der Waals surface area (Å²) < 4.78 is 43.0. The van der Waals surface area contributed by atoms with Crippen molar-refractivity contribution in [3.63, 3.8) is 0 Å². The zero-order valence-electron chi connectivity index (χ0n) is 9.73. The first-order chi connectivity index (χ1) is 8.50. The molecule has 0 saturated carbocycles. The standard InChI is InChI=1S/C11H9F3N3O.Ir/c1-18-7-8-3-2-4-10(15-8)17-6-5-9(16-17)11(12,13)14;/h2-5H,7H2,1H3;/q-1;. The normalized spacial score (nSPS) is 11.2. The fourth-order valence-electron chi connectivity index (χ4n) is 1.36. The summed E-state index contributed by atoms with van der Waals surface area (Å²) in [6.07, 6.45) is -2.10. The van der Waals surface area contributed by atoms with E-state index < -0.39 is 11.9 Å². The first kappa shape index (κ1) is 15.8. The Bertz CT molecular complexity index is 542. The summed E-state index contributed by atoms with van der Waals surface area (Å²) in [6, 6.07) is 5.70. The van der Waals surface area contributed by atoms with Crippen LogP contribution in [0.4, 0.5) is 13.2 Å². The van der Waals surface area contributed by atoms with Crippen LogP contribution in [0.3, 0.4) is 0 Å². The number of hydrogen-bond acceptors (Lipinski definition) is 3. The summed E-state index contributed by atoms with van der Waals surface area (Å²) in [6.45, 7) is 0.279. The van der Waals surface area contributed by atoms with Gasteiger partial charge in [-0.2, -0.15) is 13.2 Å². The minimum Gasteiger partial charge on any atom is -0.378 e. The van der Waals surface area contributed by atoms with E-state index in [0.717, 1.165) is 10.7 Å². The third-order valence-corrected chi connectivity index (χ3v) is 2.12. The molecular weight excluding hydrogens is 439 g/mol. The molecule has 2 aromatic heterocycles. The van der Waals surface area contributed by atoms with Gasteiger partial charge < -0.3 is 9.42 Å². The van der Waals surface area contributed by atoms with Crippen LogP contribution in [0.15, 0.2) is 24.3 Å². The number of aromatic nitrogens is 3. The van der Waals surface area contributed by atoms with Gasteiger partial charge in [0.15, 0.2) is 0 Å². The number of pyridine rings is 1. The first-order valence-corrected chi connectivity index (χ1v) is 5.01. The molecule has 0 amide bonds. The largest absolute Gasteiger partial charge is 0.388 e. The molecule has 8 heteroatoms. The molecule has 4 nitrogen and oxygen atoms in total. The SMILES string of the molecule is COCc1cccc(-n2[c-]cc(C(F)(F)F)n2)n1.[Ir]. The summed E-state index contributed by atoms with van der Waals surface area (Å²) in [7, 11) is 1.51. The predicted octanol–water partition coefficient (Wildman–Crippen LogP) is 2.23. The van der Waals surface area contributed by atoms with Crippen molar-refractivity contribution in [2.24, 2.45) is 0 Å². The van der Waals surface area contributed by atoms with Crippen molar-refractivity contribution in [3.05, 3.63) is 41.9 Å². The van der Waals surface area contributed by atoms with Gasteiger partial charge in [-0.3, -0.25) is 10.1 Å². The number of nitrogens with zero attached hydrogens (tertiary/aromatic N) is 3. The van der Waals surface area contributed by atoms with E-state index in [1.807, 2.05) is 0 Å². The second-order valence-corrected chi connectivity index (χ2v) is 3.49. The Morgan fingerprint density at radius 1 is 1.37 bits per heavy atom. The first-order valence-electron chi connectivity index (χ1n) is 5.01. The van der Waals surface area contributed by atoms with E-state index in [4.69, 9.17) is 4.74 Å². The Kier molecular flexibility index (Phi) is 5.22. The summed E-state index contributed by atoms with van der Waals surface area (Å²) >= 11 is 0. The van der Waals surface area contributed by atoms with Gasteiger partial charge in [-0.1, -0.05) is 18.3 Å². The molecule has 0 aromatic carbocycles. The smallest absolute Gasteiger partial charge is 0.378 e. The fourth-order valence-corrected chi connectivity index (χ4v) is 1.36. The predicted molar refractivity (Wildman–Crippen MR) is 55.9 cm³/mol. The number of methoxy groups -OCH3 is 1. The van der Waals surface area contributed by atoms with Crippen molar-refractivity contribution in [2.45, 2.75) is 12.8 Å². The van der Waals surface area contributed by atoms with Crippen LogP contribution in [0.25, 0.3) is 5.82 Å². The Balaban J connectivity index is 0.00000180. The number of halogens is 3. The van der Waals surface area contributed by atoms with Gasteiger partial charge in [-0.25, -0.2) is 0 Å². The number of alkyl halides is 3. The zero-order valence-corrected chi connectivity index (χ0v) is 12.1. The van der Waals surface area contributed by atoms with Crippen molar-refractivity contribution < 1.29 is 38.0 Å². The van der Waals surface area contributed by atoms with Gasteiger partial charge in [0.25, 0.3) is 0 Å². The Morgan fingerprint density at radius 2 is 2.11 bits per heavy atom. The van der Waals surface area contributed by atoms with Crippen LogP contribution in [0, 0.1) is 6.20 Å². The second kappa shape index (κ2) is 6.27. The maximum atomic E-state index is 12.4. The molecule has 0 aliphatic rings. The molecule has 0 spiro atoms. The van der Waals surface area contributed by atoms with E-state index in [2.05, 4.69) is 16.3 Å². The van der Waals surface area contributed by atoms with Crippen molar-refractivity contribution in [2.75, 3.05) is 7.11 Å². The van der Waals surface area contributed by atoms with Crippen molar-refractivity contribution in [1.82, 2.24) is 14.8 Å². The maximum absolute atomic E-state index is 12.4. The molecule has 2 rings (SSSR count). The van der Waals surface area contributed by atoms with E-state index in [-0.39, 0.29) is 32.5 Å². The molecule has 0 aliphatic heterocycles. The molecule has 0 bridgehead atoms. The zero-order chi connectivity index (χ0) is 13.2. The molecule has 19 heavy (non-hydrogen) atoms. The molecule has 0 unspecified atom stereocenters. The summed E-state index contributed by atoms with van der Waals surface area (Å²) in [5.41, 5.74) is -0.395. The molecule has 105 valence electrons. The van der Waals surface area contributed by atoms with Crippen molar-refractivity contribution in [1.29, 1.82) is 0 Å². The van der Waals surface area contributed by atoms with Crippen molar-refractivity contribution in [3.8, 4) is 5.82 Å². The van der Waals surface area contributed by atoms with Gasteiger partial charge in [-0.05, 0) is 6.07 Å². The van der Waals surface area contributed by atoms with Gasteiger partial charge in [0.1, 0.15) is 0 Å². The molecule has 0 saturated heterocycles. The van der Waals surface area contributed by atoms with Crippen LogP contribution in [0.5, 0.6) is 0 Å². The third-order valence-electron chi connectivity index (χ3n) is 2.12. The Morgan fingerprint density at radius 3 is 2.68 bits per heavy atom. The van der Waals surface area contributed by atoms with Gasteiger partial charge in [-0.15, -0.1) is 6.07 Å². The van der Waals surface area contributed by atoms with E-state index in [9.17, 15) is 13.2 Å². The van der Waals surface area contributed by atoms with Crippen LogP contribution in [-0.2, 0) is 37.6 Å². The molecule has 0 fully saturated rings. The van der Waals surface area contributed by atoms with Crippen LogP contribution < -0.4 is 0 Å². The number of ether oxygens (including phenoxy) is 1. The molecule has 0 atom stereocenters. The quantitative estimate of drug-likeness (QED) is 0.677. The minimum atomic E-state index is -4.48. The van der Waals surface area contributed by atoms with Crippen molar-refractivity contribution >= 4 is 0 Å². The molecule has 2 aromatic rings. The van der Waals surface area contributed by atoms with Crippen LogP contribution >= 0.6 is 0 Å². The van der Waals surface area contributed by atoms with Gasteiger partial charge in [0.05, 0.1) is 23.8 Å². The monoisotopic (exact) mass is 449 g/mol. The number of rotatable bonds is 3. The van der Waals surface area contributed by atoms with Gasteiger partial charge in [0.2, 0.25) is 0 Å². The fraction of sp³-hybridized carbons (Fsp3) is 0.273. The summed E-state index contributed by atoms with van der Waals surface area (Å²) in [5.74, 6) is 0.264. The van der Waals surface area contributed by atoms with Gasteiger partial charge >= 0.3 is 6.18 Å². The minimum absolute atomic E-state index is 0. The Labute approximate surface area is 120 Å². The average molecular weight is 448 g/mol. The average Bonchev–Trinajstić information content (AvgIpc) is 2.78. The number of hydrogen-bond donors (Lipinski definition) is 0. The molecule has 0 aliphatic carbocycles. The third kappa shape index (κ3) is 3.86. The van der Waals surface area contributed by atoms with Crippen LogP contribution in [-0.4, -0.2) is 21.9 Å². The van der Waals surface area contributed by atoms with E-state index in [0.29, 0.717) is 5.69 Å². The van der Waals surface area contributed by atoms with Gasteiger partial charge in [0, 0.05) is 27.2 Å². The maximum Gasteiger partial charge on any atom is 0.388 e. The topological polar surface area (TPSA) is 39.9 Å². The molecule has 1 radical (unpaired) electrons.